The van der Waals surface area contributed by atoms with Crippen molar-refractivity contribution in [3.8, 4) is 0 Å². The van der Waals surface area contributed by atoms with E-state index in [1.54, 1.807) is 0 Å². The molecule has 0 radical (unpaired) electrons. The summed E-state index contributed by atoms with van der Waals surface area (Å²) in [5.74, 6) is -4.77. The maximum absolute atomic E-state index is 12.8. The van der Waals surface area contributed by atoms with Crippen LogP contribution in [0.3, 0.4) is 0 Å². The highest BCUT2D eigenvalue weighted by molar-refractivity contribution is 5.86. The van der Waals surface area contributed by atoms with Crippen LogP contribution in [0.2, 0.25) is 0 Å². The Kier molecular flexibility index (Phi) is 2.57. The Hall–Kier alpha value is -0.770. The maximum Gasteiger partial charge on any atom is 0.333 e. The average Bonchev–Trinajstić information content (AvgIpc) is 2.01. The number of rotatable bonds is 0. The molecule has 0 aromatic carbocycles. The summed E-state index contributed by atoms with van der Waals surface area (Å²) in [6, 6.07) is 0. The summed E-state index contributed by atoms with van der Waals surface area (Å²) in [6.45, 7) is 0. The van der Waals surface area contributed by atoms with Crippen LogP contribution < -0.4 is 0 Å². The number of aliphatic hydroxyl groups excluding tert-OH is 1. The summed E-state index contributed by atoms with van der Waals surface area (Å²) < 4.78 is 25.6. The van der Waals surface area contributed by atoms with Crippen molar-refractivity contribution in [2.24, 2.45) is 0 Å². The van der Waals surface area contributed by atoms with E-state index in [0.717, 1.165) is 6.08 Å². The van der Waals surface area contributed by atoms with Crippen molar-refractivity contribution in [2.75, 3.05) is 0 Å². The van der Waals surface area contributed by atoms with E-state index in [1.165, 1.54) is 6.08 Å². The van der Waals surface area contributed by atoms with Gasteiger partial charge in [0.05, 0.1) is 0 Å². The van der Waals surface area contributed by atoms with Crippen LogP contribution in [0.25, 0.3) is 0 Å². The van der Waals surface area contributed by atoms with Gasteiger partial charge in [0.15, 0.2) is 0 Å². The Balaban J connectivity index is 2.84. The molecule has 0 aromatic heterocycles. The number of carbonyl (C=O) groups excluding carboxylic acids is 1. The van der Waals surface area contributed by atoms with Crippen LogP contribution >= 0.6 is 0 Å². The van der Waals surface area contributed by atoms with Gasteiger partial charge in [-0.3, -0.25) is 4.79 Å². The number of allylic oxidation sites excluding steroid dienone is 1. The third-order valence-corrected chi connectivity index (χ3v) is 1.84. The Morgan fingerprint density at radius 2 is 2.25 bits per heavy atom. The number of aliphatic hydroxyl groups is 1. The number of carbonyl (C=O) groups is 1. The normalized spacial score (nSPS) is 32.2. The minimum atomic E-state index is -3.60. The van der Waals surface area contributed by atoms with Gasteiger partial charge in [0.1, 0.15) is 6.10 Å². The summed E-state index contributed by atoms with van der Waals surface area (Å²) >= 11 is 0. The molecule has 0 bridgehead atoms. The van der Waals surface area contributed by atoms with Crippen molar-refractivity contribution in [1.82, 2.24) is 0 Å². The molecule has 0 aromatic rings. The lowest BCUT2D eigenvalue weighted by atomic mass is 9.99. The number of ketones is 1. The van der Waals surface area contributed by atoms with Gasteiger partial charge in [-0.2, -0.15) is 8.78 Å². The molecular weight excluding hydrogens is 166 g/mol. The van der Waals surface area contributed by atoms with Crippen molar-refractivity contribution < 1.29 is 18.7 Å². The van der Waals surface area contributed by atoms with Gasteiger partial charge in [0, 0.05) is 6.42 Å². The Morgan fingerprint density at radius 1 is 1.58 bits per heavy atom. The summed E-state index contributed by atoms with van der Waals surface area (Å²) in [5, 5.41) is 8.85. The van der Waals surface area contributed by atoms with E-state index in [0.29, 0.717) is 12.8 Å². The largest absolute Gasteiger partial charge is 0.382 e. The second-order valence-corrected chi connectivity index (χ2v) is 2.81. The quantitative estimate of drug-likeness (QED) is 0.565. The molecular formula is C8H10F2O2. The van der Waals surface area contributed by atoms with Gasteiger partial charge in [0.2, 0.25) is 5.78 Å². The van der Waals surface area contributed by atoms with Gasteiger partial charge in [-0.15, -0.1) is 0 Å². The summed E-state index contributed by atoms with van der Waals surface area (Å²) in [7, 11) is 0. The second kappa shape index (κ2) is 3.31. The number of hydrogen-bond acceptors (Lipinski definition) is 2. The lowest BCUT2D eigenvalue weighted by Gasteiger charge is -2.19. The standard InChI is InChI=1S/C8H10F2O2/c9-8(10)6(11)4-2-1-3-5-7(8)12/h2,4,6,11H,1,3,5H2/b4-2-. The van der Waals surface area contributed by atoms with Gasteiger partial charge in [-0.05, 0) is 12.8 Å². The molecule has 12 heavy (non-hydrogen) atoms. The summed E-state index contributed by atoms with van der Waals surface area (Å²) in [4.78, 5) is 10.8. The molecule has 0 saturated carbocycles. The molecule has 1 unspecified atom stereocenters. The lowest BCUT2D eigenvalue weighted by Crippen LogP contribution is -2.40. The fourth-order valence-electron chi connectivity index (χ4n) is 1.06. The van der Waals surface area contributed by atoms with Crippen molar-refractivity contribution in [3.63, 3.8) is 0 Å². The molecule has 0 aliphatic heterocycles. The molecule has 1 rings (SSSR count). The monoisotopic (exact) mass is 176 g/mol. The predicted molar refractivity (Wildman–Crippen MR) is 39.0 cm³/mol. The van der Waals surface area contributed by atoms with Crippen LogP contribution in [-0.4, -0.2) is 22.9 Å². The average molecular weight is 176 g/mol. The zero-order valence-electron chi connectivity index (χ0n) is 6.46. The zero-order valence-corrected chi connectivity index (χ0v) is 6.46. The van der Waals surface area contributed by atoms with Crippen molar-refractivity contribution in [2.45, 2.75) is 31.3 Å². The SMILES string of the molecule is O=C1CCC/C=C\C(O)C1(F)F. The zero-order chi connectivity index (χ0) is 9.19. The number of Topliss-reactive ketones (excluding diaryl/α,β-unsaturated/α-hetero) is 1. The first-order valence-corrected chi connectivity index (χ1v) is 3.81. The maximum atomic E-state index is 12.8. The molecule has 1 aliphatic carbocycles. The third-order valence-electron chi connectivity index (χ3n) is 1.84. The third kappa shape index (κ3) is 1.69. The molecule has 0 spiro atoms. The minimum absolute atomic E-state index is 0.158. The van der Waals surface area contributed by atoms with E-state index in [9.17, 15) is 13.6 Å². The fourth-order valence-corrected chi connectivity index (χ4v) is 1.06. The minimum Gasteiger partial charge on any atom is -0.382 e. The first kappa shape index (κ1) is 9.32. The molecule has 1 N–H and O–H groups in total. The molecule has 1 atom stereocenters. The van der Waals surface area contributed by atoms with Gasteiger partial charge in [0.25, 0.3) is 0 Å². The Bertz CT molecular complexity index is 211. The smallest absolute Gasteiger partial charge is 0.333 e. The molecule has 0 amide bonds. The van der Waals surface area contributed by atoms with Gasteiger partial charge in [-0.25, -0.2) is 0 Å². The van der Waals surface area contributed by atoms with Crippen LogP contribution in [0.5, 0.6) is 0 Å². The van der Waals surface area contributed by atoms with Crippen LogP contribution in [-0.2, 0) is 4.79 Å². The summed E-state index contributed by atoms with van der Waals surface area (Å²) in [6.07, 6.45) is 1.35. The highest BCUT2D eigenvalue weighted by Gasteiger charge is 2.44. The van der Waals surface area contributed by atoms with E-state index in [4.69, 9.17) is 5.11 Å². The van der Waals surface area contributed by atoms with Gasteiger partial charge in [-0.1, -0.05) is 12.2 Å². The number of halogens is 2. The van der Waals surface area contributed by atoms with Crippen molar-refractivity contribution in [1.29, 1.82) is 0 Å². The van der Waals surface area contributed by atoms with E-state index in [2.05, 4.69) is 0 Å². The van der Waals surface area contributed by atoms with E-state index in [1.807, 2.05) is 0 Å². The lowest BCUT2D eigenvalue weighted by molar-refractivity contribution is -0.155. The molecule has 0 saturated heterocycles. The van der Waals surface area contributed by atoms with Crippen LogP contribution in [0.1, 0.15) is 19.3 Å². The second-order valence-electron chi connectivity index (χ2n) is 2.81. The Morgan fingerprint density at radius 3 is 2.92 bits per heavy atom. The highest BCUT2D eigenvalue weighted by Crippen LogP contribution is 2.25. The molecule has 4 heteroatoms. The molecule has 68 valence electrons. The van der Waals surface area contributed by atoms with E-state index < -0.39 is 17.8 Å². The summed E-state index contributed by atoms with van der Waals surface area (Å²) in [5.41, 5.74) is 0. The molecule has 2 nitrogen and oxygen atoms in total. The van der Waals surface area contributed by atoms with Crippen LogP contribution in [0.15, 0.2) is 12.2 Å². The first-order chi connectivity index (χ1) is 5.55. The van der Waals surface area contributed by atoms with Crippen molar-refractivity contribution in [3.05, 3.63) is 12.2 Å². The van der Waals surface area contributed by atoms with E-state index in [-0.39, 0.29) is 6.42 Å². The number of hydrogen-bond donors (Lipinski definition) is 1. The fraction of sp³-hybridized carbons (Fsp3) is 0.625. The van der Waals surface area contributed by atoms with Gasteiger partial charge >= 0.3 is 5.92 Å². The molecule has 1 aliphatic rings. The van der Waals surface area contributed by atoms with Gasteiger partial charge < -0.3 is 5.11 Å². The van der Waals surface area contributed by atoms with Crippen LogP contribution in [0.4, 0.5) is 8.78 Å². The highest BCUT2D eigenvalue weighted by atomic mass is 19.3. The topological polar surface area (TPSA) is 37.3 Å². The Labute approximate surface area is 68.9 Å². The van der Waals surface area contributed by atoms with Crippen LogP contribution in [0, 0.1) is 0 Å². The predicted octanol–water partition coefficient (Wildman–Crippen LogP) is 1.29. The van der Waals surface area contributed by atoms with E-state index >= 15 is 0 Å². The first-order valence-electron chi connectivity index (χ1n) is 3.81. The van der Waals surface area contributed by atoms with Crippen molar-refractivity contribution >= 4 is 5.78 Å². The number of alkyl halides is 2. The molecule has 0 fully saturated rings. The molecule has 0 heterocycles.